The summed E-state index contributed by atoms with van der Waals surface area (Å²) < 4.78 is 4.89. The number of hydrogen-bond donors (Lipinski definition) is 1. The van der Waals surface area contributed by atoms with E-state index in [0.29, 0.717) is 5.56 Å². The van der Waals surface area contributed by atoms with E-state index < -0.39 is 12.0 Å². The number of carbonyl (C=O) groups is 1. The molecule has 90 valence electrons. The van der Waals surface area contributed by atoms with Crippen LogP contribution >= 0.6 is 35.6 Å². The lowest BCUT2D eigenvalue weighted by Crippen LogP contribution is -2.28. The van der Waals surface area contributed by atoms with Crippen LogP contribution in [0.3, 0.4) is 0 Å². The van der Waals surface area contributed by atoms with Crippen LogP contribution in [0.15, 0.2) is 12.1 Å². The maximum Gasteiger partial charge on any atom is 0.322 e. The Morgan fingerprint density at radius 2 is 2.00 bits per heavy atom. The second kappa shape index (κ2) is 6.91. The summed E-state index contributed by atoms with van der Waals surface area (Å²) in [4.78, 5) is 14.8. The minimum absolute atomic E-state index is 0. The first-order chi connectivity index (χ1) is 6.99. The summed E-state index contributed by atoms with van der Waals surface area (Å²) in [6.45, 7) is 1.64. The van der Waals surface area contributed by atoms with Gasteiger partial charge in [-0.25, -0.2) is 4.98 Å². The predicted octanol–water partition coefficient (Wildman–Crippen LogP) is 2.20. The molecule has 0 saturated carbocycles. The number of carbonyl (C=O) groups excluding carboxylic acids is 1. The molecule has 0 saturated heterocycles. The van der Waals surface area contributed by atoms with Crippen molar-refractivity contribution in [3.8, 4) is 0 Å². The van der Waals surface area contributed by atoms with Crippen LogP contribution in [0, 0.1) is 0 Å². The van der Waals surface area contributed by atoms with Crippen molar-refractivity contribution in [1.29, 1.82) is 0 Å². The van der Waals surface area contributed by atoms with Gasteiger partial charge in [-0.1, -0.05) is 23.2 Å². The molecule has 16 heavy (non-hydrogen) atoms. The Balaban J connectivity index is 0.00000225. The fraction of sp³-hybridized carbons (Fsp3) is 0.333. The third-order valence-corrected chi connectivity index (χ3v) is 1.96. The molecule has 0 aliphatic carbocycles. The van der Waals surface area contributed by atoms with Crippen molar-refractivity contribution in [3.05, 3.63) is 28.0 Å². The quantitative estimate of drug-likeness (QED) is 0.683. The summed E-state index contributed by atoms with van der Waals surface area (Å²) >= 11 is 11.3. The molecule has 0 radical (unpaired) electrons. The highest BCUT2D eigenvalue weighted by Gasteiger charge is 2.09. The molecule has 0 spiro atoms. The Bertz CT molecular complexity index is 352. The van der Waals surface area contributed by atoms with Gasteiger partial charge in [-0.05, 0) is 24.6 Å². The summed E-state index contributed by atoms with van der Waals surface area (Å²) in [7, 11) is 0. The molecule has 4 nitrogen and oxygen atoms in total. The SMILES string of the molecule is C[C@@H](N)C(=O)OCc1cc(Cl)nc(Cl)c1.Cl. The molecule has 2 N–H and O–H groups in total. The highest BCUT2D eigenvalue weighted by Crippen LogP contribution is 2.15. The zero-order chi connectivity index (χ0) is 11.4. The lowest BCUT2D eigenvalue weighted by molar-refractivity contribution is -0.146. The average Bonchev–Trinajstić information content (AvgIpc) is 2.12. The first-order valence-electron chi connectivity index (χ1n) is 4.23. The van der Waals surface area contributed by atoms with Crippen LogP contribution < -0.4 is 5.73 Å². The topological polar surface area (TPSA) is 65.2 Å². The number of hydrogen-bond acceptors (Lipinski definition) is 4. The Hall–Kier alpha value is -0.550. The molecular formula is C9H11Cl3N2O2. The van der Waals surface area contributed by atoms with Crippen molar-refractivity contribution in [2.45, 2.75) is 19.6 Å². The van der Waals surface area contributed by atoms with Gasteiger partial charge in [-0.3, -0.25) is 4.79 Å². The van der Waals surface area contributed by atoms with Crippen molar-refractivity contribution in [2.75, 3.05) is 0 Å². The summed E-state index contributed by atoms with van der Waals surface area (Å²) in [6.07, 6.45) is 0. The Morgan fingerprint density at radius 3 is 2.44 bits per heavy atom. The number of nitrogens with zero attached hydrogens (tertiary/aromatic N) is 1. The van der Waals surface area contributed by atoms with Crippen LogP contribution in [0.1, 0.15) is 12.5 Å². The summed E-state index contributed by atoms with van der Waals surface area (Å²) in [6, 6.07) is 2.50. The smallest absolute Gasteiger partial charge is 0.322 e. The number of ether oxygens (including phenoxy) is 1. The van der Waals surface area contributed by atoms with Gasteiger partial charge >= 0.3 is 5.97 Å². The van der Waals surface area contributed by atoms with E-state index in [0.717, 1.165) is 0 Å². The maximum atomic E-state index is 11.1. The predicted molar refractivity (Wildman–Crippen MR) is 65.0 cm³/mol. The first kappa shape index (κ1) is 15.4. The zero-order valence-corrected chi connectivity index (χ0v) is 10.8. The van der Waals surface area contributed by atoms with Gasteiger partial charge in [0.15, 0.2) is 0 Å². The van der Waals surface area contributed by atoms with E-state index in [1.165, 1.54) is 0 Å². The number of aromatic nitrogens is 1. The third-order valence-electron chi connectivity index (χ3n) is 1.58. The van der Waals surface area contributed by atoms with Crippen LogP contribution in [-0.2, 0) is 16.1 Å². The molecule has 0 aromatic carbocycles. The Morgan fingerprint density at radius 1 is 1.50 bits per heavy atom. The molecule has 0 aliphatic heterocycles. The molecule has 0 amide bonds. The van der Waals surface area contributed by atoms with Crippen molar-refractivity contribution in [1.82, 2.24) is 4.98 Å². The lowest BCUT2D eigenvalue weighted by atomic mass is 10.3. The molecular weight excluding hydrogens is 274 g/mol. The van der Waals surface area contributed by atoms with E-state index in [1.54, 1.807) is 19.1 Å². The van der Waals surface area contributed by atoms with Gasteiger partial charge in [0.05, 0.1) is 0 Å². The number of nitrogens with two attached hydrogens (primary N) is 1. The van der Waals surface area contributed by atoms with Crippen LogP contribution in [0.4, 0.5) is 0 Å². The van der Waals surface area contributed by atoms with E-state index >= 15 is 0 Å². The van der Waals surface area contributed by atoms with E-state index in [-0.39, 0.29) is 29.3 Å². The van der Waals surface area contributed by atoms with Crippen molar-refractivity contribution >= 4 is 41.6 Å². The molecule has 1 aromatic rings. The minimum atomic E-state index is -0.641. The second-order valence-corrected chi connectivity index (χ2v) is 3.79. The van der Waals surface area contributed by atoms with Crippen LogP contribution in [0.2, 0.25) is 10.3 Å². The number of rotatable bonds is 3. The maximum absolute atomic E-state index is 11.1. The van der Waals surface area contributed by atoms with Gasteiger partial charge in [0.25, 0.3) is 0 Å². The summed E-state index contributed by atoms with van der Waals surface area (Å²) in [5, 5.41) is 0.517. The molecule has 1 rings (SSSR count). The standard InChI is InChI=1S/C9H10Cl2N2O2.ClH/c1-5(12)9(14)15-4-6-2-7(10)13-8(11)3-6;/h2-3,5H,4,12H2,1H3;1H/t5-;/m1./s1. The molecule has 0 unspecified atom stereocenters. The van der Waals surface area contributed by atoms with E-state index in [1.807, 2.05) is 0 Å². The van der Waals surface area contributed by atoms with E-state index in [9.17, 15) is 4.79 Å². The number of pyridine rings is 1. The lowest BCUT2D eigenvalue weighted by Gasteiger charge is -2.07. The van der Waals surface area contributed by atoms with Gasteiger partial charge in [0, 0.05) is 0 Å². The fourth-order valence-electron chi connectivity index (χ4n) is 0.883. The van der Waals surface area contributed by atoms with Gasteiger partial charge < -0.3 is 10.5 Å². The molecule has 0 bridgehead atoms. The van der Waals surface area contributed by atoms with Gasteiger partial charge in [0.2, 0.25) is 0 Å². The summed E-state index contributed by atoms with van der Waals surface area (Å²) in [5.74, 6) is -0.473. The third kappa shape index (κ3) is 4.99. The second-order valence-electron chi connectivity index (χ2n) is 3.02. The Kier molecular flexibility index (Phi) is 6.67. The highest BCUT2D eigenvalue weighted by atomic mass is 35.5. The van der Waals surface area contributed by atoms with E-state index in [2.05, 4.69) is 4.98 Å². The normalized spacial score (nSPS) is 11.5. The molecule has 1 heterocycles. The van der Waals surface area contributed by atoms with Crippen molar-refractivity contribution < 1.29 is 9.53 Å². The van der Waals surface area contributed by atoms with Crippen LogP contribution in [-0.4, -0.2) is 17.0 Å². The zero-order valence-electron chi connectivity index (χ0n) is 8.44. The monoisotopic (exact) mass is 284 g/mol. The van der Waals surface area contributed by atoms with E-state index in [4.69, 9.17) is 33.7 Å². The number of halogens is 3. The molecule has 1 aromatic heterocycles. The largest absolute Gasteiger partial charge is 0.460 e. The molecule has 7 heteroatoms. The van der Waals surface area contributed by atoms with Gasteiger partial charge in [-0.15, -0.1) is 12.4 Å². The molecule has 0 aliphatic rings. The summed E-state index contributed by atoms with van der Waals surface area (Å²) in [5.41, 5.74) is 6.00. The fourth-order valence-corrected chi connectivity index (χ4v) is 1.39. The van der Waals surface area contributed by atoms with Crippen molar-refractivity contribution in [2.24, 2.45) is 5.73 Å². The molecule has 0 fully saturated rings. The Labute approximate surface area is 109 Å². The minimum Gasteiger partial charge on any atom is -0.460 e. The van der Waals surface area contributed by atoms with Gasteiger partial charge in [-0.2, -0.15) is 0 Å². The average molecular weight is 286 g/mol. The number of esters is 1. The molecule has 1 atom stereocenters. The first-order valence-corrected chi connectivity index (χ1v) is 4.99. The van der Waals surface area contributed by atoms with Crippen LogP contribution in [0.25, 0.3) is 0 Å². The highest BCUT2D eigenvalue weighted by molar-refractivity contribution is 6.32. The van der Waals surface area contributed by atoms with Crippen LogP contribution in [0.5, 0.6) is 0 Å². The van der Waals surface area contributed by atoms with Crippen molar-refractivity contribution in [3.63, 3.8) is 0 Å². The van der Waals surface area contributed by atoms with Gasteiger partial charge in [0.1, 0.15) is 23.0 Å².